The molecule has 4 heteroatoms. The first-order valence-corrected chi connectivity index (χ1v) is 7.37. The number of nitrogens with two attached hydrogens (primary N) is 1. The third kappa shape index (κ3) is 3.18. The maximum Gasteiger partial charge on any atom is 0.237 e. The molecule has 0 spiro atoms. The number of hydrogen-bond acceptors (Lipinski definition) is 2. The molecule has 1 aromatic carbocycles. The molecule has 3 nitrogen and oxygen atoms in total. The van der Waals surface area contributed by atoms with Crippen molar-refractivity contribution in [1.82, 2.24) is 5.32 Å². The first-order chi connectivity index (χ1) is 9.52. The smallest absolute Gasteiger partial charge is 0.237 e. The van der Waals surface area contributed by atoms with E-state index in [9.17, 15) is 9.18 Å². The van der Waals surface area contributed by atoms with Gasteiger partial charge in [0.25, 0.3) is 0 Å². The molecule has 0 aliphatic heterocycles. The summed E-state index contributed by atoms with van der Waals surface area (Å²) < 4.78 is 13.3. The van der Waals surface area contributed by atoms with Crippen LogP contribution in [0.5, 0.6) is 0 Å². The van der Waals surface area contributed by atoms with Crippen molar-refractivity contribution < 1.29 is 9.18 Å². The predicted molar refractivity (Wildman–Crippen MR) is 77.7 cm³/mol. The summed E-state index contributed by atoms with van der Waals surface area (Å²) in [4.78, 5) is 12.2. The molecular formula is C16H23FN2O. The molecule has 110 valence electrons. The molecule has 0 bridgehead atoms. The standard InChI is InChI=1S/C16H23FN2O/c1-3-10(2)15(18)16(20)19-14-6-4-5-11-9-12(17)7-8-13(11)14/h7-10,14-15H,3-6,18H2,1-2H3,(H,19,20). The van der Waals surface area contributed by atoms with E-state index < -0.39 is 6.04 Å². The Balaban J connectivity index is 2.10. The summed E-state index contributed by atoms with van der Waals surface area (Å²) in [5.41, 5.74) is 7.99. The van der Waals surface area contributed by atoms with E-state index in [2.05, 4.69) is 5.32 Å². The first kappa shape index (κ1) is 15.0. The monoisotopic (exact) mass is 278 g/mol. The molecule has 3 N–H and O–H groups in total. The molecule has 1 amide bonds. The van der Waals surface area contributed by atoms with E-state index in [0.717, 1.165) is 36.8 Å². The molecule has 1 aliphatic rings. The van der Waals surface area contributed by atoms with Crippen LogP contribution < -0.4 is 11.1 Å². The lowest BCUT2D eigenvalue weighted by atomic mass is 9.87. The summed E-state index contributed by atoms with van der Waals surface area (Å²) in [5, 5.41) is 3.02. The molecule has 0 heterocycles. The molecule has 2 rings (SSSR count). The van der Waals surface area contributed by atoms with Crippen LogP contribution in [0.4, 0.5) is 4.39 Å². The van der Waals surface area contributed by atoms with Gasteiger partial charge in [0, 0.05) is 0 Å². The summed E-state index contributed by atoms with van der Waals surface area (Å²) in [6.07, 6.45) is 3.59. The summed E-state index contributed by atoms with van der Waals surface area (Å²) in [6, 6.07) is 4.29. The molecule has 1 aromatic rings. The Hall–Kier alpha value is -1.42. The highest BCUT2D eigenvalue weighted by Gasteiger charge is 2.26. The zero-order valence-electron chi connectivity index (χ0n) is 12.2. The number of nitrogens with one attached hydrogen (secondary N) is 1. The Morgan fingerprint density at radius 1 is 1.55 bits per heavy atom. The number of rotatable bonds is 4. The minimum atomic E-state index is -0.481. The number of carbonyl (C=O) groups excluding carboxylic acids is 1. The van der Waals surface area contributed by atoms with Crippen LogP contribution in [0, 0.1) is 11.7 Å². The summed E-state index contributed by atoms with van der Waals surface area (Å²) in [7, 11) is 0. The quantitative estimate of drug-likeness (QED) is 0.889. The van der Waals surface area contributed by atoms with Crippen LogP contribution in [-0.4, -0.2) is 11.9 Å². The third-order valence-corrected chi connectivity index (χ3v) is 4.30. The predicted octanol–water partition coefficient (Wildman–Crippen LogP) is 2.69. The van der Waals surface area contributed by atoms with Crippen LogP contribution in [0.1, 0.15) is 50.3 Å². The number of amides is 1. The molecule has 0 fully saturated rings. The average Bonchev–Trinajstić information content (AvgIpc) is 2.45. The van der Waals surface area contributed by atoms with Gasteiger partial charge in [0.1, 0.15) is 5.82 Å². The molecule has 0 saturated carbocycles. The van der Waals surface area contributed by atoms with Gasteiger partial charge < -0.3 is 11.1 Å². The van der Waals surface area contributed by atoms with Crippen molar-refractivity contribution in [2.75, 3.05) is 0 Å². The fourth-order valence-corrected chi connectivity index (χ4v) is 2.71. The van der Waals surface area contributed by atoms with Gasteiger partial charge in [-0.2, -0.15) is 0 Å². The van der Waals surface area contributed by atoms with Crippen LogP contribution in [0.2, 0.25) is 0 Å². The maximum absolute atomic E-state index is 13.3. The topological polar surface area (TPSA) is 55.1 Å². The molecule has 0 aromatic heterocycles. The van der Waals surface area contributed by atoms with E-state index in [1.807, 2.05) is 13.8 Å². The number of halogens is 1. The van der Waals surface area contributed by atoms with Crippen molar-refractivity contribution in [3.05, 3.63) is 35.1 Å². The third-order valence-electron chi connectivity index (χ3n) is 4.30. The first-order valence-electron chi connectivity index (χ1n) is 7.37. The number of aryl methyl sites for hydroxylation is 1. The Morgan fingerprint density at radius 2 is 2.30 bits per heavy atom. The lowest BCUT2D eigenvalue weighted by molar-refractivity contribution is -0.124. The van der Waals surface area contributed by atoms with Gasteiger partial charge in [0.05, 0.1) is 12.1 Å². The van der Waals surface area contributed by atoms with Crippen molar-refractivity contribution in [3.63, 3.8) is 0 Å². The van der Waals surface area contributed by atoms with Crippen molar-refractivity contribution in [1.29, 1.82) is 0 Å². The maximum atomic E-state index is 13.3. The van der Waals surface area contributed by atoms with E-state index in [-0.39, 0.29) is 23.7 Å². The van der Waals surface area contributed by atoms with Crippen molar-refractivity contribution in [3.8, 4) is 0 Å². The van der Waals surface area contributed by atoms with Gasteiger partial charge >= 0.3 is 0 Å². The second-order valence-electron chi connectivity index (χ2n) is 5.71. The van der Waals surface area contributed by atoms with E-state index >= 15 is 0 Å². The molecular weight excluding hydrogens is 255 g/mol. The SMILES string of the molecule is CCC(C)C(N)C(=O)NC1CCCc2cc(F)ccc21. The number of benzene rings is 1. The van der Waals surface area contributed by atoms with E-state index in [4.69, 9.17) is 5.73 Å². The van der Waals surface area contributed by atoms with Gasteiger partial charge in [-0.15, -0.1) is 0 Å². The lowest BCUT2D eigenvalue weighted by Crippen LogP contribution is -2.46. The van der Waals surface area contributed by atoms with E-state index in [0.29, 0.717) is 0 Å². The number of fused-ring (bicyclic) bond motifs is 1. The Bertz CT molecular complexity index is 489. The van der Waals surface area contributed by atoms with Gasteiger partial charge in [-0.05, 0) is 48.4 Å². The highest BCUT2D eigenvalue weighted by molar-refractivity contribution is 5.82. The number of carbonyl (C=O) groups is 1. The van der Waals surface area contributed by atoms with Gasteiger partial charge in [-0.1, -0.05) is 26.3 Å². The van der Waals surface area contributed by atoms with E-state index in [1.54, 1.807) is 12.1 Å². The minimum absolute atomic E-state index is 0.0399. The van der Waals surface area contributed by atoms with Crippen LogP contribution in [0.25, 0.3) is 0 Å². The molecule has 0 saturated heterocycles. The van der Waals surface area contributed by atoms with Crippen molar-refractivity contribution >= 4 is 5.91 Å². The van der Waals surface area contributed by atoms with Gasteiger partial charge in [0.2, 0.25) is 5.91 Å². The fourth-order valence-electron chi connectivity index (χ4n) is 2.71. The van der Waals surface area contributed by atoms with Crippen LogP contribution in [0.15, 0.2) is 18.2 Å². The van der Waals surface area contributed by atoms with Gasteiger partial charge in [0.15, 0.2) is 0 Å². The van der Waals surface area contributed by atoms with Crippen LogP contribution in [-0.2, 0) is 11.2 Å². The molecule has 0 radical (unpaired) electrons. The molecule has 1 aliphatic carbocycles. The Kier molecular flexibility index (Phi) is 4.76. The summed E-state index contributed by atoms with van der Waals surface area (Å²) in [5.74, 6) is -0.167. The highest BCUT2D eigenvalue weighted by Crippen LogP contribution is 2.30. The Morgan fingerprint density at radius 3 is 3.00 bits per heavy atom. The summed E-state index contributed by atoms with van der Waals surface area (Å²) in [6.45, 7) is 4.00. The average molecular weight is 278 g/mol. The normalized spacial score (nSPS) is 20.9. The highest BCUT2D eigenvalue weighted by atomic mass is 19.1. The lowest BCUT2D eigenvalue weighted by Gasteiger charge is -2.28. The second-order valence-corrected chi connectivity index (χ2v) is 5.71. The van der Waals surface area contributed by atoms with Crippen LogP contribution in [0.3, 0.4) is 0 Å². The van der Waals surface area contributed by atoms with Crippen molar-refractivity contribution in [2.45, 2.75) is 51.6 Å². The Labute approximate surface area is 119 Å². The van der Waals surface area contributed by atoms with Gasteiger partial charge in [-0.3, -0.25) is 4.79 Å². The summed E-state index contributed by atoms with van der Waals surface area (Å²) >= 11 is 0. The number of hydrogen-bond donors (Lipinski definition) is 2. The molecule has 3 unspecified atom stereocenters. The zero-order valence-corrected chi connectivity index (χ0v) is 12.2. The fraction of sp³-hybridized carbons (Fsp3) is 0.562. The zero-order chi connectivity index (χ0) is 14.7. The minimum Gasteiger partial charge on any atom is -0.348 e. The van der Waals surface area contributed by atoms with Crippen LogP contribution >= 0.6 is 0 Å². The second kappa shape index (κ2) is 6.35. The molecule has 3 atom stereocenters. The van der Waals surface area contributed by atoms with Crippen molar-refractivity contribution in [2.24, 2.45) is 11.7 Å². The van der Waals surface area contributed by atoms with E-state index in [1.165, 1.54) is 6.07 Å². The van der Waals surface area contributed by atoms with Gasteiger partial charge in [-0.25, -0.2) is 4.39 Å². The molecule has 20 heavy (non-hydrogen) atoms. The largest absolute Gasteiger partial charge is 0.348 e.